The molecule has 1 aliphatic rings. The minimum Gasteiger partial charge on any atom is -0.379 e. The van der Waals surface area contributed by atoms with E-state index in [-0.39, 0.29) is 18.6 Å². The molecule has 1 amide bonds. The number of amides is 1. The monoisotopic (exact) mass is 197 g/mol. The van der Waals surface area contributed by atoms with Crippen molar-refractivity contribution in [1.82, 2.24) is 5.32 Å². The van der Waals surface area contributed by atoms with Gasteiger partial charge in [0.15, 0.2) is 0 Å². The van der Waals surface area contributed by atoms with E-state index in [0.717, 1.165) is 0 Å². The van der Waals surface area contributed by atoms with E-state index in [1.807, 2.05) is 6.07 Å². The molecule has 0 saturated carbocycles. The van der Waals surface area contributed by atoms with Crippen molar-refractivity contribution in [2.24, 2.45) is 5.73 Å². The molecule has 3 N–H and O–H groups in total. The van der Waals surface area contributed by atoms with E-state index in [1.54, 1.807) is 6.92 Å². The quantitative estimate of drug-likeness (QED) is 0.639. The zero-order valence-electron chi connectivity index (χ0n) is 8.25. The molecule has 1 aliphatic heterocycles. The van der Waals surface area contributed by atoms with E-state index in [4.69, 9.17) is 15.7 Å². The number of carbonyl (C=O) groups is 1. The molecule has 0 aromatic heterocycles. The van der Waals surface area contributed by atoms with Crippen LogP contribution in [0.2, 0.25) is 0 Å². The van der Waals surface area contributed by atoms with Gasteiger partial charge in [0.25, 0.3) is 0 Å². The summed E-state index contributed by atoms with van der Waals surface area (Å²) in [6, 6.07) is 1.83. The average molecular weight is 197 g/mol. The molecule has 0 aromatic carbocycles. The van der Waals surface area contributed by atoms with Crippen LogP contribution in [0.4, 0.5) is 0 Å². The summed E-state index contributed by atoms with van der Waals surface area (Å²) < 4.78 is 5.07. The minimum atomic E-state index is -0.899. The van der Waals surface area contributed by atoms with Gasteiger partial charge in [0.1, 0.15) is 5.54 Å². The van der Waals surface area contributed by atoms with Crippen molar-refractivity contribution in [3.05, 3.63) is 0 Å². The molecule has 1 fully saturated rings. The Kier molecular flexibility index (Phi) is 3.44. The average Bonchev–Trinajstić information content (AvgIpc) is 2.54. The Labute approximate surface area is 83.2 Å². The van der Waals surface area contributed by atoms with Gasteiger partial charge in [-0.05, 0) is 13.3 Å². The van der Waals surface area contributed by atoms with E-state index in [1.165, 1.54) is 0 Å². The summed E-state index contributed by atoms with van der Waals surface area (Å²) in [5, 5.41) is 11.1. The number of ether oxygens (including phenoxy) is 1. The second kappa shape index (κ2) is 4.40. The lowest BCUT2D eigenvalue weighted by molar-refractivity contribution is -0.126. The van der Waals surface area contributed by atoms with Gasteiger partial charge in [0.2, 0.25) is 5.91 Å². The Morgan fingerprint density at radius 1 is 1.86 bits per heavy atom. The smallest absolute Gasteiger partial charge is 0.242 e. The maximum atomic E-state index is 11.6. The summed E-state index contributed by atoms with van der Waals surface area (Å²) in [4.78, 5) is 11.6. The van der Waals surface area contributed by atoms with Gasteiger partial charge in [0.05, 0.1) is 19.1 Å². The highest BCUT2D eigenvalue weighted by atomic mass is 16.5. The number of rotatable bonds is 3. The number of nitrogens with zero attached hydrogens (tertiary/aromatic N) is 1. The molecule has 0 bridgehead atoms. The number of hydrogen-bond donors (Lipinski definition) is 2. The molecule has 0 aliphatic carbocycles. The van der Waals surface area contributed by atoms with Crippen molar-refractivity contribution in [2.75, 3.05) is 13.2 Å². The topological polar surface area (TPSA) is 88.1 Å². The molecule has 2 unspecified atom stereocenters. The van der Waals surface area contributed by atoms with Crippen LogP contribution in [0.15, 0.2) is 0 Å². The second-order valence-corrected chi connectivity index (χ2v) is 3.70. The van der Waals surface area contributed by atoms with E-state index in [2.05, 4.69) is 5.32 Å². The van der Waals surface area contributed by atoms with Gasteiger partial charge in [-0.15, -0.1) is 0 Å². The number of carbonyl (C=O) groups excluding carboxylic acids is 1. The van der Waals surface area contributed by atoms with Crippen molar-refractivity contribution in [1.29, 1.82) is 5.26 Å². The SMILES string of the molecule is CC(CC#N)NC(=O)C1(N)CCOC1. The Morgan fingerprint density at radius 2 is 2.57 bits per heavy atom. The minimum absolute atomic E-state index is 0.159. The van der Waals surface area contributed by atoms with E-state index < -0.39 is 5.54 Å². The van der Waals surface area contributed by atoms with Crippen LogP contribution < -0.4 is 11.1 Å². The predicted molar refractivity (Wildman–Crippen MR) is 50.2 cm³/mol. The van der Waals surface area contributed by atoms with Crippen LogP contribution >= 0.6 is 0 Å². The van der Waals surface area contributed by atoms with Crippen LogP contribution in [-0.4, -0.2) is 30.7 Å². The molecular weight excluding hydrogens is 182 g/mol. The first-order valence-corrected chi connectivity index (χ1v) is 4.63. The van der Waals surface area contributed by atoms with Crippen LogP contribution in [0.1, 0.15) is 19.8 Å². The lowest BCUT2D eigenvalue weighted by Gasteiger charge is -2.22. The predicted octanol–water partition coefficient (Wildman–Crippen LogP) is -0.477. The molecule has 2 atom stereocenters. The van der Waals surface area contributed by atoms with Gasteiger partial charge in [-0.25, -0.2) is 0 Å². The van der Waals surface area contributed by atoms with Gasteiger partial charge >= 0.3 is 0 Å². The summed E-state index contributed by atoms with van der Waals surface area (Å²) in [7, 11) is 0. The lowest BCUT2D eigenvalue weighted by atomic mass is 9.99. The molecule has 0 radical (unpaired) electrons. The van der Waals surface area contributed by atoms with Crippen molar-refractivity contribution in [3.8, 4) is 6.07 Å². The largest absolute Gasteiger partial charge is 0.379 e. The maximum Gasteiger partial charge on any atom is 0.242 e. The van der Waals surface area contributed by atoms with Gasteiger partial charge < -0.3 is 15.8 Å². The summed E-state index contributed by atoms with van der Waals surface area (Å²) in [6.07, 6.45) is 0.834. The Hall–Kier alpha value is -1.12. The summed E-state index contributed by atoms with van der Waals surface area (Å²) in [5.74, 6) is -0.224. The van der Waals surface area contributed by atoms with Gasteiger partial charge in [-0.2, -0.15) is 5.26 Å². The second-order valence-electron chi connectivity index (χ2n) is 3.70. The Morgan fingerprint density at radius 3 is 3.07 bits per heavy atom. The maximum absolute atomic E-state index is 11.6. The molecule has 78 valence electrons. The van der Waals surface area contributed by atoms with Gasteiger partial charge in [-0.1, -0.05) is 0 Å². The van der Waals surface area contributed by atoms with Gasteiger partial charge in [-0.3, -0.25) is 4.79 Å². The number of nitriles is 1. The van der Waals surface area contributed by atoms with E-state index >= 15 is 0 Å². The number of nitrogens with one attached hydrogen (secondary N) is 1. The third kappa shape index (κ3) is 2.44. The first-order valence-electron chi connectivity index (χ1n) is 4.63. The van der Waals surface area contributed by atoms with Crippen LogP contribution in [0.5, 0.6) is 0 Å². The molecule has 5 nitrogen and oxygen atoms in total. The molecule has 1 saturated heterocycles. The molecule has 5 heteroatoms. The zero-order valence-corrected chi connectivity index (χ0v) is 8.25. The zero-order chi connectivity index (χ0) is 10.6. The molecule has 0 spiro atoms. The van der Waals surface area contributed by atoms with Crippen molar-refractivity contribution >= 4 is 5.91 Å². The summed E-state index contributed by atoms with van der Waals surface area (Å²) in [5.41, 5.74) is 4.93. The normalized spacial score (nSPS) is 28.1. The van der Waals surface area contributed by atoms with Crippen molar-refractivity contribution in [3.63, 3.8) is 0 Å². The van der Waals surface area contributed by atoms with Crippen LogP contribution in [0.3, 0.4) is 0 Å². The first-order chi connectivity index (χ1) is 6.58. The summed E-state index contributed by atoms with van der Waals surface area (Å²) >= 11 is 0. The van der Waals surface area contributed by atoms with E-state index in [9.17, 15) is 4.79 Å². The van der Waals surface area contributed by atoms with Crippen LogP contribution in [0.25, 0.3) is 0 Å². The van der Waals surface area contributed by atoms with Crippen molar-refractivity contribution in [2.45, 2.75) is 31.3 Å². The molecule has 14 heavy (non-hydrogen) atoms. The van der Waals surface area contributed by atoms with Crippen molar-refractivity contribution < 1.29 is 9.53 Å². The van der Waals surface area contributed by atoms with Gasteiger partial charge in [0, 0.05) is 12.6 Å². The highest BCUT2D eigenvalue weighted by molar-refractivity contribution is 5.86. The summed E-state index contributed by atoms with van der Waals surface area (Å²) in [6.45, 7) is 2.56. The first kappa shape index (κ1) is 11.0. The molecular formula is C9H15N3O2. The van der Waals surface area contributed by atoms with Crippen LogP contribution in [0, 0.1) is 11.3 Å². The Bertz CT molecular complexity index is 253. The number of nitrogens with two attached hydrogens (primary N) is 1. The Balaban J connectivity index is 2.45. The van der Waals surface area contributed by atoms with Crippen LogP contribution in [-0.2, 0) is 9.53 Å². The fourth-order valence-corrected chi connectivity index (χ4v) is 1.32. The van der Waals surface area contributed by atoms with E-state index in [0.29, 0.717) is 19.4 Å². The molecule has 0 aromatic rings. The highest BCUT2D eigenvalue weighted by Crippen LogP contribution is 2.15. The fraction of sp³-hybridized carbons (Fsp3) is 0.778. The lowest BCUT2D eigenvalue weighted by Crippen LogP contribution is -2.56. The highest BCUT2D eigenvalue weighted by Gasteiger charge is 2.38. The standard InChI is InChI=1S/C9H15N3O2/c1-7(2-4-10)12-8(13)9(11)3-5-14-6-9/h7H,2-3,5-6,11H2,1H3,(H,12,13). The third-order valence-electron chi connectivity index (χ3n) is 2.28. The molecule has 1 heterocycles. The fourth-order valence-electron chi connectivity index (χ4n) is 1.32. The third-order valence-corrected chi connectivity index (χ3v) is 2.28. The number of hydrogen-bond acceptors (Lipinski definition) is 4. The molecule has 1 rings (SSSR count).